The highest BCUT2D eigenvalue weighted by Crippen LogP contribution is 2.56. The van der Waals surface area contributed by atoms with Crippen LogP contribution >= 0.6 is 11.6 Å². The number of amides is 5. The van der Waals surface area contributed by atoms with Crippen LogP contribution < -0.4 is 25.2 Å². The van der Waals surface area contributed by atoms with Crippen LogP contribution in [0.2, 0.25) is 5.02 Å². The maximum absolute atomic E-state index is 13.5. The lowest BCUT2D eigenvalue weighted by Crippen LogP contribution is -2.74. The summed E-state index contributed by atoms with van der Waals surface area (Å²) in [5, 5.41) is 15.1. The Balaban J connectivity index is 0.735. The van der Waals surface area contributed by atoms with Crippen molar-refractivity contribution in [3.63, 3.8) is 0 Å². The molecule has 6 aliphatic rings. The minimum atomic E-state index is -0.970. The number of fused-ring (bicyclic) bond motifs is 1. The number of rotatable bonds is 8. The number of nitrogens with zero attached hydrogens (tertiary/aromatic N) is 5. The maximum Gasteiger partial charge on any atom is 0.262 e. The van der Waals surface area contributed by atoms with Crippen molar-refractivity contribution in [3.05, 3.63) is 87.9 Å². The Hall–Kier alpha value is -5.45. The molecule has 3 aromatic carbocycles. The molecule has 2 aliphatic carbocycles. The average Bonchev–Trinajstić information content (AvgIpc) is 3.43. The molecule has 1 spiro atoms. The minimum Gasteiger partial charge on any atom is -0.489 e. The standard InChI is InChI=1S/C45H48ClN7O6/c1-43(2)41(44(3,4)42(43)59-31-11-7-27(23-47)34(46)20-31)49-37(55)26-5-8-28(9-6-26)50-15-17-51(18-16-50)30-21-45(22-30)24-52(25-45)29-10-12-32-33(19-29)40(58)53(39(32)57)35-13-14-36(54)48-38(35)56/h5-12,19-20,30,35,41-42H,13-18,21-22,24-25H2,1-4H3,(H,49,55)(H,48,54,56). The van der Waals surface area contributed by atoms with Crippen molar-refractivity contribution >= 4 is 52.5 Å². The van der Waals surface area contributed by atoms with Crippen LogP contribution in [-0.2, 0) is 9.59 Å². The van der Waals surface area contributed by atoms with Crippen LogP contribution in [0.4, 0.5) is 11.4 Å². The van der Waals surface area contributed by atoms with E-state index in [2.05, 4.69) is 59.1 Å². The molecular formula is C45H48ClN7O6. The predicted molar refractivity (Wildman–Crippen MR) is 220 cm³/mol. The largest absolute Gasteiger partial charge is 0.489 e. The fraction of sp³-hybridized carbons (Fsp3) is 0.467. The van der Waals surface area contributed by atoms with Gasteiger partial charge in [-0.3, -0.25) is 39.1 Å². The first kappa shape index (κ1) is 39.0. The van der Waals surface area contributed by atoms with E-state index in [1.165, 1.54) is 0 Å². The van der Waals surface area contributed by atoms with Gasteiger partial charge in [-0.05, 0) is 73.9 Å². The Morgan fingerprint density at radius 3 is 2.15 bits per heavy atom. The van der Waals surface area contributed by atoms with Gasteiger partial charge in [-0.2, -0.15) is 5.26 Å². The third kappa shape index (κ3) is 6.52. The van der Waals surface area contributed by atoms with Gasteiger partial charge in [0.05, 0.1) is 21.7 Å². The predicted octanol–water partition coefficient (Wildman–Crippen LogP) is 5.02. The highest BCUT2D eigenvalue weighted by Gasteiger charge is 2.64. The third-order valence-electron chi connectivity index (χ3n) is 13.9. The van der Waals surface area contributed by atoms with Crippen LogP contribution in [0, 0.1) is 27.6 Å². The zero-order chi connectivity index (χ0) is 41.6. The number of imide groups is 2. The second-order valence-corrected chi connectivity index (χ2v) is 18.9. The zero-order valence-electron chi connectivity index (χ0n) is 33.7. The van der Waals surface area contributed by atoms with E-state index >= 15 is 0 Å². The zero-order valence-corrected chi connectivity index (χ0v) is 34.5. The summed E-state index contributed by atoms with van der Waals surface area (Å²) in [6.07, 6.45) is 2.31. The molecule has 4 heterocycles. The number of piperazine rings is 1. The molecule has 2 N–H and O–H groups in total. The smallest absolute Gasteiger partial charge is 0.262 e. The lowest BCUT2D eigenvalue weighted by Gasteiger charge is -2.63. The van der Waals surface area contributed by atoms with Gasteiger partial charge < -0.3 is 19.9 Å². The van der Waals surface area contributed by atoms with E-state index in [0.29, 0.717) is 39.1 Å². The van der Waals surface area contributed by atoms with E-state index in [1.54, 1.807) is 30.3 Å². The molecule has 5 amide bonds. The van der Waals surface area contributed by atoms with E-state index < -0.39 is 29.7 Å². The molecule has 0 bridgehead atoms. The fourth-order valence-electron chi connectivity index (χ4n) is 11.0. The van der Waals surface area contributed by atoms with Gasteiger partial charge in [0.1, 0.15) is 24.0 Å². The number of halogens is 1. The third-order valence-corrected chi connectivity index (χ3v) is 14.2. The first-order valence-corrected chi connectivity index (χ1v) is 20.8. The molecule has 9 rings (SSSR count). The number of nitriles is 1. The summed E-state index contributed by atoms with van der Waals surface area (Å²) in [7, 11) is 0. The number of anilines is 2. The SMILES string of the molecule is CC1(C)C(NC(=O)c2ccc(N3CCN(C4CC5(C4)CN(c4ccc6c(c4)C(=O)N(C4CCC(=O)NC4=O)C6=O)C5)CC3)cc2)C(C)(C)C1Oc1ccc(C#N)c(Cl)c1. The van der Waals surface area contributed by atoms with Crippen LogP contribution in [0.1, 0.15) is 90.0 Å². The highest BCUT2D eigenvalue weighted by atomic mass is 35.5. The molecule has 0 radical (unpaired) electrons. The van der Waals surface area contributed by atoms with Crippen LogP contribution in [0.5, 0.6) is 5.75 Å². The van der Waals surface area contributed by atoms with Gasteiger partial charge in [0.2, 0.25) is 11.8 Å². The minimum absolute atomic E-state index is 0.0933. The fourth-order valence-corrected chi connectivity index (χ4v) is 11.2. The van der Waals surface area contributed by atoms with Gasteiger partial charge >= 0.3 is 0 Å². The number of hydrogen-bond donors (Lipinski definition) is 2. The molecule has 306 valence electrons. The Bertz CT molecular complexity index is 2300. The Kier molecular flexibility index (Phi) is 9.32. The van der Waals surface area contributed by atoms with Crippen molar-refractivity contribution in [2.45, 2.75) is 77.6 Å². The quantitative estimate of drug-likeness (QED) is 0.297. The van der Waals surface area contributed by atoms with Crippen molar-refractivity contribution in [2.75, 3.05) is 49.1 Å². The Morgan fingerprint density at radius 1 is 0.847 bits per heavy atom. The molecule has 59 heavy (non-hydrogen) atoms. The van der Waals surface area contributed by atoms with Crippen molar-refractivity contribution in [1.29, 1.82) is 5.26 Å². The first-order chi connectivity index (χ1) is 28.1. The number of benzene rings is 3. The van der Waals surface area contributed by atoms with Crippen LogP contribution in [-0.4, -0.2) is 103 Å². The van der Waals surface area contributed by atoms with Crippen LogP contribution in [0.15, 0.2) is 60.7 Å². The van der Waals surface area contributed by atoms with Gasteiger partial charge in [-0.15, -0.1) is 0 Å². The summed E-state index contributed by atoms with van der Waals surface area (Å²) >= 11 is 6.25. The summed E-state index contributed by atoms with van der Waals surface area (Å²) in [5.41, 5.74) is 3.19. The number of carbonyl (C=O) groups is 5. The van der Waals surface area contributed by atoms with Crippen LogP contribution in [0.25, 0.3) is 0 Å². The van der Waals surface area contributed by atoms with Crippen molar-refractivity contribution < 1.29 is 28.7 Å². The van der Waals surface area contributed by atoms with E-state index in [0.717, 1.165) is 68.4 Å². The van der Waals surface area contributed by atoms with Gasteiger partial charge in [0.15, 0.2) is 0 Å². The summed E-state index contributed by atoms with van der Waals surface area (Å²) in [5.74, 6) is -1.48. The lowest BCUT2D eigenvalue weighted by atomic mass is 9.49. The molecule has 2 saturated carbocycles. The van der Waals surface area contributed by atoms with E-state index in [-0.39, 0.29) is 47.1 Å². The highest BCUT2D eigenvalue weighted by molar-refractivity contribution is 6.31. The van der Waals surface area contributed by atoms with Crippen molar-refractivity contribution in [1.82, 2.24) is 20.4 Å². The van der Waals surface area contributed by atoms with Gasteiger partial charge in [0, 0.05) is 97.0 Å². The molecule has 3 aromatic rings. The number of hydrogen-bond acceptors (Lipinski definition) is 10. The normalized spacial score (nSPS) is 25.7. The molecule has 3 saturated heterocycles. The number of ether oxygens (including phenoxy) is 1. The number of nitrogens with one attached hydrogen (secondary N) is 2. The topological polar surface area (TPSA) is 155 Å². The summed E-state index contributed by atoms with van der Waals surface area (Å²) < 4.78 is 6.38. The number of carbonyl (C=O) groups excluding carboxylic acids is 5. The summed E-state index contributed by atoms with van der Waals surface area (Å²) in [6.45, 7) is 14.0. The monoisotopic (exact) mass is 817 g/mol. The number of piperidine rings is 1. The van der Waals surface area contributed by atoms with Gasteiger partial charge in [-0.25, -0.2) is 0 Å². The average molecular weight is 818 g/mol. The maximum atomic E-state index is 13.5. The Labute approximate surface area is 348 Å². The van der Waals surface area contributed by atoms with E-state index in [1.807, 2.05) is 30.3 Å². The second-order valence-electron chi connectivity index (χ2n) is 18.5. The van der Waals surface area contributed by atoms with E-state index in [4.69, 9.17) is 16.3 Å². The summed E-state index contributed by atoms with van der Waals surface area (Å²) in [6, 6.07) is 19.9. The lowest BCUT2D eigenvalue weighted by molar-refractivity contribution is -0.164. The Morgan fingerprint density at radius 2 is 1.51 bits per heavy atom. The molecule has 0 aromatic heterocycles. The summed E-state index contributed by atoms with van der Waals surface area (Å²) in [4.78, 5) is 72.3. The second kappa shape index (κ2) is 14.1. The van der Waals surface area contributed by atoms with Gasteiger partial charge in [0.25, 0.3) is 17.7 Å². The first-order valence-electron chi connectivity index (χ1n) is 20.5. The van der Waals surface area contributed by atoms with Crippen LogP contribution in [0.3, 0.4) is 0 Å². The van der Waals surface area contributed by atoms with Crippen molar-refractivity contribution in [2.24, 2.45) is 16.2 Å². The van der Waals surface area contributed by atoms with Crippen molar-refractivity contribution in [3.8, 4) is 11.8 Å². The van der Waals surface area contributed by atoms with E-state index in [9.17, 15) is 29.2 Å². The molecular weight excluding hydrogens is 770 g/mol. The molecule has 5 fully saturated rings. The van der Waals surface area contributed by atoms with Gasteiger partial charge in [-0.1, -0.05) is 39.3 Å². The molecule has 4 aliphatic heterocycles. The molecule has 1 unspecified atom stereocenters. The molecule has 14 heteroatoms. The molecule has 1 atom stereocenters. The molecule has 13 nitrogen and oxygen atoms in total.